The molecule has 2 aromatic carbocycles. The number of fused-ring (bicyclic) bond motifs is 1. The second-order valence-corrected chi connectivity index (χ2v) is 10.3. The number of aryl methyl sites for hydroxylation is 1. The molecule has 3 aromatic rings. The number of anilines is 1. The Labute approximate surface area is 206 Å². The Bertz CT molecular complexity index is 1140. The lowest BCUT2D eigenvalue weighted by Crippen LogP contribution is -2.52. The van der Waals surface area contributed by atoms with Gasteiger partial charge in [-0.15, -0.1) is 0 Å². The van der Waals surface area contributed by atoms with Gasteiger partial charge in [-0.2, -0.15) is 0 Å². The van der Waals surface area contributed by atoms with Crippen molar-refractivity contribution in [2.24, 2.45) is 5.92 Å². The van der Waals surface area contributed by atoms with Gasteiger partial charge < -0.3 is 10.6 Å². The minimum atomic E-state index is -0.117. The quantitative estimate of drug-likeness (QED) is 0.461. The van der Waals surface area contributed by atoms with Crippen molar-refractivity contribution in [2.45, 2.75) is 57.5 Å². The van der Waals surface area contributed by atoms with Crippen molar-refractivity contribution >= 4 is 34.2 Å². The molecule has 2 unspecified atom stereocenters. The Morgan fingerprint density at radius 1 is 1.03 bits per heavy atom. The van der Waals surface area contributed by atoms with Gasteiger partial charge in [0, 0.05) is 33.9 Å². The van der Waals surface area contributed by atoms with E-state index in [9.17, 15) is 4.79 Å². The third-order valence-electron chi connectivity index (χ3n) is 7.44. The van der Waals surface area contributed by atoms with E-state index in [1.807, 2.05) is 49.4 Å². The minimum absolute atomic E-state index is 0.117. The molecule has 1 aliphatic heterocycles. The van der Waals surface area contributed by atoms with E-state index in [1.54, 1.807) is 0 Å². The summed E-state index contributed by atoms with van der Waals surface area (Å²) in [6.07, 6.45) is 6.92. The van der Waals surface area contributed by atoms with E-state index in [4.69, 9.17) is 11.6 Å². The molecule has 0 radical (unpaired) electrons. The molecule has 1 aromatic heterocycles. The van der Waals surface area contributed by atoms with Crippen LogP contribution in [0.15, 0.2) is 54.6 Å². The third kappa shape index (κ3) is 5.53. The number of pyridine rings is 1. The zero-order valence-electron chi connectivity index (χ0n) is 19.8. The number of halogens is 1. The summed E-state index contributed by atoms with van der Waals surface area (Å²) in [7, 11) is 0. The molecule has 2 amide bonds. The number of likely N-dealkylation sites (tertiary alicyclic amines) is 1. The number of carbonyl (C=O) groups excluding carboxylic acids is 1. The van der Waals surface area contributed by atoms with Crippen LogP contribution in [0.2, 0.25) is 5.02 Å². The number of amides is 2. The molecule has 2 aliphatic rings. The number of nitrogens with one attached hydrogen (secondary N) is 2. The van der Waals surface area contributed by atoms with Gasteiger partial charge in [0.15, 0.2) is 0 Å². The zero-order valence-corrected chi connectivity index (χ0v) is 20.5. The minimum Gasteiger partial charge on any atom is -0.334 e. The molecule has 2 atom stereocenters. The van der Waals surface area contributed by atoms with Gasteiger partial charge in [0.1, 0.15) is 0 Å². The molecule has 5 rings (SSSR count). The van der Waals surface area contributed by atoms with Gasteiger partial charge in [-0.05, 0) is 106 Å². The number of aromatic nitrogens is 1. The predicted molar refractivity (Wildman–Crippen MR) is 140 cm³/mol. The summed E-state index contributed by atoms with van der Waals surface area (Å²) in [5.74, 6) is 0.722. The monoisotopic (exact) mass is 476 g/mol. The van der Waals surface area contributed by atoms with Crippen LogP contribution in [0.25, 0.3) is 10.9 Å². The van der Waals surface area contributed by atoms with E-state index in [0.29, 0.717) is 6.04 Å². The van der Waals surface area contributed by atoms with Crippen LogP contribution in [0.5, 0.6) is 0 Å². The van der Waals surface area contributed by atoms with Crippen LogP contribution >= 0.6 is 11.6 Å². The zero-order chi connectivity index (χ0) is 23.5. The molecular weight excluding hydrogens is 444 g/mol. The van der Waals surface area contributed by atoms with Crippen molar-refractivity contribution in [1.82, 2.24) is 15.2 Å². The SMILES string of the molecule is Cc1ccc2cc(NC(=O)NC3CCCC3N3CCC(Cc4ccc(Cl)cc4)CC3)ccc2n1. The van der Waals surface area contributed by atoms with E-state index < -0.39 is 0 Å². The first kappa shape index (κ1) is 23.1. The highest BCUT2D eigenvalue weighted by Gasteiger charge is 2.35. The second kappa shape index (κ2) is 10.3. The first-order valence-corrected chi connectivity index (χ1v) is 12.8. The van der Waals surface area contributed by atoms with E-state index in [1.165, 1.54) is 24.8 Å². The smallest absolute Gasteiger partial charge is 0.319 e. The van der Waals surface area contributed by atoms with E-state index in [-0.39, 0.29) is 12.1 Å². The van der Waals surface area contributed by atoms with Gasteiger partial charge in [0.2, 0.25) is 0 Å². The van der Waals surface area contributed by atoms with E-state index in [2.05, 4.69) is 32.7 Å². The summed E-state index contributed by atoms with van der Waals surface area (Å²) in [6.45, 7) is 4.21. The third-order valence-corrected chi connectivity index (χ3v) is 7.69. The lowest BCUT2D eigenvalue weighted by atomic mass is 9.89. The van der Waals surface area contributed by atoms with Gasteiger partial charge in [0.05, 0.1) is 5.52 Å². The molecule has 2 N–H and O–H groups in total. The number of carbonyl (C=O) groups is 1. The summed E-state index contributed by atoms with van der Waals surface area (Å²) in [6, 6.07) is 18.7. The van der Waals surface area contributed by atoms with Crippen molar-refractivity contribution in [3.05, 3.63) is 70.9 Å². The Morgan fingerprint density at radius 2 is 1.82 bits per heavy atom. The molecule has 0 bridgehead atoms. The van der Waals surface area contributed by atoms with Crippen LogP contribution in [0.1, 0.15) is 43.4 Å². The van der Waals surface area contributed by atoms with Gasteiger partial charge in [-0.3, -0.25) is 9.88 Å². The number of rotatable bonds is 5. The van der Waals surface area contributed by atoms with Crippen LogP contribution in [0, 0.1) is 12.8 Å². The normalized spacial score (nSPS) is 21.6. The van der Waals surface area contributed by atoms with Crippen LogP contribution < -0.4 is 10.6 Å². The van der Waals surface area contributed by atoms with Gasteiger partial charge in [-0.25, -0.2) is 4.79 Å². The molecule has 1 saturated carbocycles. The molecule has 34 heavy (non-hydrogen) atoms. The summed E-state index contributed by atoms with van der Waals surface area (Å²) in [5, 5.41) is 8.13. The number of hydrogen-bond donors (Lipinski definition) is 2. The fourth-order valence-electron chi connectivity index (χ4n) is 5.63. The van der Waals surface area contributed by atoms with Crippen molar-refractivity contribution in [3.8, 4) is 0 Å². The lowest BCUT2D eigenvalue weighted by molar-refractivity contribution is 0.119. The molecule has 2 fully saturated rings. The number of urea groups is 1. The van der Waals surface area contributed by atoms with Crippen LogP contribution in [0.4, 0.5) is 10.5 Å². The van der Waals surface area contributed by atoms with E-state index >= 15 is 0 Å². The fraction of sp³-hybridized carbons (Fsp3) is 0.429. The maximum absolute atomic E-state index is 12.8. The Hall–Kier alpha value is -2.63. The molecule has 1 aliphatic carbocycles. The van der Waals surface area contributed by atoms with Gasteiger partial charge in [-0.1, -0.05) is 29.8 Å². The lowest BCUT2D eigenvalue weighted by Gasteiger charge is -2.38. The highest BCUT2D eigenvalue weighted by Crippen LogP contribution is 2.30. The number of benzene rings is 2. The summed E-state index contributed by atoms with van der Waals surface area (Å²) in [5.41, 5.74) is 4.11. The predicted octanol–water partition coefficient (Wildman–Crippen LogP) is 6.19. The molecule has 178 valence electrons. The summed E-state index contributed by atoms with van der Waals surface area (Å²) in [4.78, 5) is 19.9. The standard InChI is InChI=1S/C28H33ClN4O/c1-19-5-8-22-18-24(11-12-25(22)30-19)31-28(34)32-26-3-2-4-27(26)33-15-13-21(14-16-33)17-20-6-9-23(29)10-7-20/h5-12,18,21,26-27H,2-4,13-17H2,1H3,(H2,31,32,34). The maximum atomic E-state index is 12.8. The number of nitrogens with zero attached hydrogens (tertiary/aromatic N) is 2. The highest BCUT2D eigenvalue weighted by molar-refractivity contribution is 6.30. The number of piperidine rings is 1. The van der Waals surface area contributed by atoms with Crippen molar-refractivity contribution < 1.29 is 4.79 Å². The van der Waals surface area contributed by atoms with Gasteiger partial charge >= 0.3 is 6.03 Å². The largest absolute Gasteiger partial charge is 0.334 e. The van der Waals surface area contributed by atoms with E-state index in [0.717, 1.165) is 65.6 Å². The summed E-state index contributed by atoms with van der Waals surface area (Å²) >= 11 is 6.03. The van der Waals surface area contributed by atoms with Crippen LogP contribution in [-0.4, -0.2) is 41.1 Å². The Morgan fingerprint density at radius 3 is 2.62 bits per heavy atom. The molecule has 5 nitrogen and oxygen atoms in total. The molecule has 6 heteroatoms. The molecular formula is C28H33ClN4O. The molecule has 2 heterocycles. The van der Waals surface area contributed by atoms with Gasteiger partial charge in [0.25, 0.3) is 0 Å². The first-order chi connectivity index (χ1) is 16.5. The highest BCUT2D eigenvalue weighted by atomic mass is 35.5. The summed E-state index contributed by atoms with van der Waals surface area (Å²) < 4.78 is 0. The Kier molecular flexibility index (Phi) is 7.02. The van der Waals surface area contributed by atoms with Crippen molar-refractivity contribution in [3.63, 3.8) is 0 Å². The van der Waals surface area contributed by atoms with Crippen molar-refractivity contribution in [2.75, 3.05) is 18.4 Å². The average molecular weight is 477 g/mol. The molecule has 1 saturated heterocycles. The van der Waals surface area contributed by atoms with Crippen LogP contribution in [0.3, 0.4) is 0 Å². The number of hydrogen-bond acceptors (Lipinski definition) is 3. The molecule has 0 spiro atoms. The second-order valence-electron chi connectivity index (χ2n) is 9.87. The maximum Gasteiger partial charge on any atom is 0.319 e. The fourth-order valence-corrected chi connectivity index (χ4v) is 5.76. The van der Waals surface area contributed by atoms with Crippen LogP contribution in [-0.2, 0) is 6.42 Å². The van der Waals surface area contributed by atoms with Crippen molar-refractivity contribution in [1.29, 1.82) is 0 Å². The first-order valence-electron chi connectivity index (χ1n) is 12.5. The average Bonchev–Trinajstić information content (AvgIpc) is 3.29. The Balaban J connectivity index is 1.13. The topological polar surface area (TPSA) is 57.3 Å².